The third kappa shape index (κ3) is 4.26. The van der Waals surface area contributed by atoms with Gasteiger partial charge in [0.2, 0.25) is 0 Å². The van der Waals surface area contributed by atoms with Gasteiger partial charge in [-0.1, -0.05) is 0 Å². The predicted molar refractivity (Wildman–Crippen MR) is 123 cm³/mol. The van der Waals surface area contributed by atoms with E-state index in [1.807, 2.05) is 0 Å². The van der Waals surface area contributed by atoms with E-state index in [9.17, 15) is 24.8 Å². The number of carboxylic acids is 1. The topological polar surface area (TPSA) is 138 Å². The molecule has 1 aliphatic rings. The molecule has 0 unspecified atom stereocenters. The number of carbonyl (C=O) groups excluding carboxylic acids is 1. The quantitative estimate of drug-likeness (QED) is 0.388. The summed E-state index contributed by atoms with van der Waals surface area (Å²) in [5.41, 5.74) is 0.199. The Balaban J connectivity index is 1.93. The molecule has 35 heavy (non-hydrogen) atoms. The number of anilines is 1. The van der Waals surface area contributed by atoms with Crippen LogP contribution >= 0.6 is 0 Å². The summed E-state index contributed by atoms with van der Waals surface area (Å²) in [7, 11) is 4.37. The van der Waals surface area contributed by atoms with Gasteiger partial charge in [0.1, 0.15) is 23.0 Å². The summed E-state index contributed by atoms with van der Waals surface area (Å²) in [5, 5.41) is 20.9. The number of hydrogen-bond acceptors (Lipinski definition) is 8. The summed E-state index contributed by atoms with van der Waals surface area (Å²) < 4.78 is 22.2. The van der Waals surface area contributed by atoms with Crippen LogP contribution in [0.25, 0.3) is 0 Å². The number of methoxy groups -OCH3 is 3. The monoisotopic (exact) mass is 480 g/mol. The van der Waals surface area contributed by atoms with E-state index in [1.165, 1.54) is 56.6 Å². The van der Waals surface area contributed by atoms with Crippen molar-refractivity contribution in [2.45, 2.75) is 6.54 Å². The molecular formula is C24H20N2O9. The number of ether oxygens (including phenoxy) is 4. The number of nitro groups is 1. The minimum absolute atomic E-state index is 0.0567. The molecular weight excluding hydrogens is 460 g/mol. The lowest BCUT2D eigenvalue weighted by molar-refractivity contribution is -0.384. The first-order chi connectivity index (χ1) is 16.8. The highest BCUT2D eigenvalue weighted by Crippen LogP contribution is 2.43. The molecule has 0 saturated carbocycles. The molecule has 4 rings (SSSR count). The molecule has 0 aromatic heterocycles. The van der Waals surface area contributed by atoms with E-state index in [1.54, 1.807) is 12.1 Å². The molecule has 1 N–H and O–H groups in total. The molecule has 1 heterocycles. The van der Waals surface area contributed by atoms with Crippen LogP contribution < -0.4 is 23.8 Å². The van der Waals surface area contributed by atoms with Gasteiger partial charge in [-0.2, -0.15) is 0 Å². The Hall–Kier alpha value is -4.80. The van der Waals surface area contributed by atoms with Gasteiger partial charge in [-0.3, -0.25) is 19.8 Å². The third-order valence-electron chi connectivity index (χ3n) is 5.50. The van der Waals surface area contributed by atoms with Crippen molar-refractivity contribution in [3.63, 3.8) is 0 Å². The number of carbonyl (C=O) groups is 2. The summed E-state index contributed by atoms with van der Waals surface area (Å²) in [5.74, 6) is -0.364. The minimum atomic E-state index is -1.20. The van der Waals surface area contributed by atoms with Crippen LogP contribution in [0.15, 0.2) is 48.5 Å². The number of fused-ring (bicyclic) bond motifs is 2. The highest BCUT2D eigenvalue weighted by Gasteiger charge is 2.32. The molecule has 11 nitrogen and oxygen atoms in total. The number of hydrogen-bond donors (Lipinski definition) is 1. The van der Waals surface area contributed by atoms with Crippen LogP contribution in [0.5, 0.6) is 28.7 Å². The zero-order valence-corrected chi connectivity index (χ0v) is 18.9. The maximum Gasteiger partial charge on any atom is 0.335 e. The van der Waals surface area contributed by atoms with E-state index in [-0.39, 0.29) is 40.5 Å². The van der Waals surface area contributed by atoms with Crippen molar-refractivity contribution in [3.05, 3.63) is 75.3 Å². The largest absolute Gasteiger partial charge is 0.496 e. The number of benzene rings is 3. The lowest BCUT2D eigenvalue weighted by Crippen LogP contribution is -2.30. The van der Waals surface area contributed by atoms with Crippen molar-refractivity contribution >= 4 is 23.3 Å². The van der Waals surface area contributed by atoms with Gasteiger partial charge in [0.05, 0.1) is 55.2 Å². The van der Waals surface area contributed by atoms with Gasteiger partial charge >= 0.3 is 5.97 Å². The SMILES string of the molecule is COc1cc(OC)c(CN2C(=O)c3cc([N+](=O)[O-])ccc3Oc3ccc(C(=O)O)cc32)c(OC)c1. The zero-order valence-electron chi connectivity index (χ0n) is 18.9. The summed E-state index contributed by atoms with van der Waals surface area (Å²) in [4.78, 5) is 37.4. The second-order valence-electron chi connectivity index (χ2n) is 7.43. The predicted octanol–water partition coefficient (Wildman–Crippen LogP) is 4.27. The first-order valence-corrected chi connectivity index (χ1v) is 10.2. The summed E-state index contributed by atoms with van der Waals surface area (Å²) >= 11 is 0. The third-order valence-corrected chi connectivity index (χ3v) is 5.50. The van der Waals surface area contributed by atoms with Crippen molar-refractivity contribution in [1.29, 1.82) is 0 Å². The number of non-ortho nitro benzene ring substituents is 1. The Labute approximate surface area is 199 Å². The molecule has 0 atom stereocenters. The summed E-state index contributed by atoms with van der Waals surface area (Å²) in [6.45, 7) is -0.128. The number of nitro benzene ring substituents is 1. The normalized spacial score (nSPS) is 12.1. The van der Waals surface area contributed by atoms with E-state index >= 15 is 0 Å². The lowest BCUT2D eigenvalue weighted by Gasteiger charge is -2.25. The molecule has 0 bridgehead atoms. The van der Waals surface area contributed by atoms with Crippen molar-refractivity contribution in [2.24, 2.45) is 0 Å². The lowest BCUT2D eigenvalue weighted by atomic mass is 10.1. The van der Waals surface area contributed by atoms with Crippen LogP contribution in [-0.4, -0.2) is 43.2 Å². The van der Waals surface area contributed by atoms with Gasteiger partial charge in [-0.25, -0.2) is 4.79 Å². The first kappa shape index (κ1) is 23.4. The average molecular weight is 480 g/mol. The number of rotatable bonds is 7. The second kappa shape index (κ2) is 9.21. The van der Waals surface area contributed by atoms with Gasteiger partial charge in [-0.05, 0) is 24.3 Å². The van der Waals surface area contributed by atoms with Crippen LogP contribution in [0, 0.1) is 10.1 Å². The highest BCUT2D eigenvalue weighted by molar-refractivity contribution is 6.10. The molecule has 11 heteroatoms. The van der Waals surface area contributed by atoms with Crippen LogP contribution in [-0.2, 0) is 6.54 Å². The molecule has 0 radical (unpaired) electrons. The van der Waals surface area contributed by atoms with E-state index in [2.05, 4.69) is 0 Å². The molecule has 0 saturated heterocycles. The number of amides is 1. The molecule has 180 valence electrons. The van der Waals surface area contributed by atoms with Gasteiger partial charge in [-0.15, -0.1) is 0 Å². The van der Waals surface area contributed by atoms with E-state index in [0.29, 0.717) is 22.8 Å². The van der Waals surface area contributed by atoms with Gasteiger partial charge in [0.15, 0.2) is 5.75 Å². The Kier molecular flexibility index (Phi) is 6.15. The fourth-order valence-electron chi connectivity index (χ4n) is 3.76. The van der Waals surface area contributed by atoms with Crippen molar-refractivity contribution in [3.8, 4) is 28.7 Å². The Bertz CT molecular complexity index is 1330. The zero-order chi connectivity index (χ0) is 25.3. The Morgan fingerprint density at radius 3 is 2.23 bits per heavy atom. The van der Waals surface area contributed by atoms with Crippen LogP contribution in [0.4, 0.5) is 11.4 Å². The van der Waals surface area contributed by atoms with E-state index in [4.69, 9.17) is 18.9 Å². The number of aromatic carboxylic acids is 1. The van der Waals surface area contributed by atoms with Crippen LogP contribution in [0.1, 0.15) is 26.3 Å². The summed E-state index contributed by atoms with van der Waals surface area (Å²) in [6, 6.07) is 11.0. The fraction of sp³-hybridized carbons (Fsp3) is 0.167. The van der Waals surface area contributed by atoms with E-state index in [0.717, 1.165) is 6.07 Å². The number of nitrogens with zero attached hydrogens (tertiary/aromatic N) is 2. The smallest absolute Gasteiger partial charge is 0.335 e. The van der Waals surface area contributed by atoms with Gasteiger partial charge < -0.3 is 24.1 Å². The maximum absolute atomic E-state index is 13.8. The molecule has 3 aromatic rings. The molecule has 3 aromatic carbocycles. The van der Waals surface area contributed by atoms with Crippen LogP contribution in [0.2, 0.25) is 0 Å². The van der Waals surface area contributed by atoms with Gasteiger partial charge in [0.25, 0.3) is 11.6 Å². The first-order valence-electron chi connectivity index (χ1n) is 10.2. The Morgan fingerprint density at radius 2 is 1.66 bits per heavy atom. The fourth-order valence-corrected chi connectivity index (χ4v) is 3.76. The maximum atomic E-state index is 13.8. The van der Waals surface area contributed by atoms with Gasteiger partial charge in [0, 0.05) is 24.3 Å². The van der Waals surface area contributed by atoms with E-state index < -0.39 is 16.8 Å². The highest BCUT2D eigenvalue weighted by atomic mass is 16.6. The summed E-state index contributed by atoms with van der Waals surface area (Å²) in [6.07, 6.45) is 0. The van der Waals surface area contributed by atoms with Crippen LogP contribution in [0.3, 0.4) is 0 Å². The minimum Gasteiger partial charge on any atom is -0.496 e. The standard InChI is InChI=1S/C24H20N2O9/c1-32-15-10-21(33-2)17(22(11-15)34-3)12-25-18-8-13(24(28)29)4-6-20(18)35-19-7-5-14(26(30)31)9-16(19)23(25)27/h4-11H,12H2,1-3H3,(H,28,29). The number of carboxylic acid groups (broad SMARTS) is 1. The Morgan fingerprint density at radius 1 is 1.00 bits per heavy atom. The van der Waals surface area contributed by atoms with Crippen molar-refractivity contribution in [2.75, 3.05) is 26.2 Å². The molecule has 0 fully saturated rings. The molecule has 1 amide bonds. The molecule has 0 spiro atoms. The second-order valence-corrected chi connectivity index (χ2v) is 7.43. The molecule has 0 aliphatic carbocycles. The molecule has 1 aliphatic heterocycles. The van der Waals surface area contributed by atoms with Crippen molar-refractivity contribution in [1.82, 2.24) is 0 Å². The van der Waals surface area contributed by atoms with Crippen molar-refractivity contribution < 1.29 is 38.6 Å². The average Bonchev–Trinajstić information content (AvgIpc) is 2.97.